The lowest BCUT2D eigenvalue weighted by Crippen LogP contribution is -2.47. The number of hydrogen-bond acceptors (Lipinski definition) is 3. The Morgan fingerprint density at radius 2 is 1.64 bits per heavy atom. The van der Waals surface area contributed by atoms with Gasteiger partial charge in [0, 0.05) is 12.7 Å². The monoisotopic (exact) mass is 360 g/mol. The minimum absolute atomic E-state index is 0.417. The number of amides is 2. The van der Waals surface area contributed by atoms with Crippen molar-refractivity contribution in [1.29, 1.82) is 0 Å². The maximum absolute atomic E-state index is 12.6. The first-order valence-electron chi connectivity index (χ1n) is 7.65. The van der Waals surface area contributed by atoms with Crippen LogP contribution in [-0.2, 0) is 9.59 Å². The van der Waals surface area contributed by atoms with Crippen molar-refractivity contribution >= 4 is 17.5 Å². The number of carbonyl (C=O) groups excluding carboxylic acids is 2. The van der Waals surface area contributed by atoms with Gasteiger partial charge < -0.3 is 15.3 Å². The zero-order valence-corrected chi connectivity index (χ0v) is 14.9. The molecule has 0 fully saturated rings. The summed E-state index contributed by atoms with van der Waals surface area (Å²) in [5.41, 5.74) is 0.201. The highest BCUT2D eigenvalue weighted by Gasteiger charge is 2.51. The Kier molecular flexibility index (Phi) is 6.23. The lowest BCUT2D eigenvalue weighted by Gasteiger charge is -2.27. The van der Waals surface area contributed by atoms with Gasteiger partial charge in [-0.05, 0) is 38.8 Å². The maximum atomic E-state index is 12.6. The summed E-state index contributed by atoms with van der Waals surface area (Å²) in [4.78, 5) is 24.8. The second-order valence-electron chi connectivity index (χ2n) is 6.52. The summed E-state index contributed by atoms with van der Waals surface area (Å²) in [6.45, 7) is 5.68. The minimum atomic E-state index is -4.93. The van der Waals surface area contributed by atoms with Crippen molar-refractivity contribution in [1.82, 2.24) is 4.90 Å². The van der Waals surface area contributed by atoms with Gasteiger partial charge in [0.15, 0.2) is 5.60 Å². The summed E-state index contributed by atoms with van der Waals surface area (Å²) in [6.07, 6.45) is -6.08. The van der Waals surface area contributed by atoms with Crippen LogP contribution >= 0.6 is 0 Å². The van der Waals surface area contributed by atoms with E-state index in [1.165, 1.54) is 7.05 Å². The fourth-order valence-electron chi connectivity index (χ4n) is 2.39. The number of nitrogens with zero attached hydrogens (tertiary/aromatic N) is 1. The van der Waals surface area contributed by atoms with Crippen LogP contribution in [0.2, 0.25) is 0 Å². The first kappa shape index (κ1) is 21.0. The average molecular weight is 360 g/mol. The van der Waals surface area contributed by atoms with Gasteiger partial charge in [-0.2, -0.15) is 13.2 Å². The maximum Gasteiger partial charge on any atom is 0.417 e. The van der Waals surface area contributed by atoms with Gasteiger partial charge in [-0.25, -0.2) is 0 Å². The molecule has 2 amide bonds. The van der Waals surface area contributed by atoms with Crippen LogP contribution in [0.4, 0.5) is 18.9 Å². The molecule has 0 aliphatic rings. The van der Waals surface area contributed by atoms with Gasteiger partial charge in [0.2, 0.25) is 11.8 Å². The second-order valence-corrected chi connectivity index (χ2v) is 6.52. The van der Waals surface area contributed by atoms with Gasteiger partial charge in [-0.15, -0.1) is 0 Å². The number of benzene rings is 1. The molecule has 2 N–H and O–H groups in total. The molecule has 0 radical (unpaired) electrons. The van der Waals surface area contributed by atoms with E-state index in [1.807, 2.05) is 32.9 Å². The first-order chi connectivity index (χ1) is 11.2. The van der Waals surface area contributed by atoms with Crippen molar-refractivity contribution < 1.29 is 27.9 Å². The van der Waals surface area contributed by atoms with Crippen molar-refractivity contribution in [2.24, 2.45) is 0 Å². The molecule has 1 aromatic carbocycles. The summed E-state index contributed by atoms with van der Waals surface area (Å²) in [7, 11) is 1.21. The molecule has 1 aromatic rings. The number of aryl methyl sites for hydroxylation is 3. The van der Waals surface area contributed by atoms with E-state index < -0.39 is 36.6 Å². The summed E-state index contributed by atoms with van der Waals surface area (Å²) < 4.78 is 37.9. The summed E-state index contributed by atoms with van der Waals surface area (Å²) in [5.74, 6) is -1.51. The van der Waals surface area contributed by atoms with E-state index in [-0.39, 0.29) is 0 Å². The summed E-state index contributed by atoms with van der Waals surface area (Å²) in [5, 5.41) is 12.0. The van der Waals surface area contributed by atoms with Crippen molar-refractivity contribution in [3.8, 4) is 0 Å². The highest BCUT2D eigenvalue weighted by Crippen LogP contribution is 2.32. The predicted octanol–water partition coefficient (Wildman–Crippen LogP) is 2.71. The molecule has 25 heavy (non-hydrogen) atoms. The molecule has 0 aliphatic carbocycles. The van der Waals surface area contributed by atoms with Crippen molar-refractivity contribution in [3.63, 3.8) is 0 Å². The highest BCUT2D eigenvalue weighted by molar-refractivity contribution is 5.95. The first-order valence-corrected chi connectivity index (χ1v) is 7.65. The van der Waals surface area contributed by atoms with E-state index in [2.05, 4.69) is 5.32 Å². The SMILES string of the molecule is Cc1cc(C)c(NC(=O)CN(C)C(=O)C[C@](C)(O)C(F)(F)F)c(C)c1. The molecule has 1 rings (SSSR count). The Labute approximate surface area is 144 Å². The average Bonchev–Trinajstić information content (AvgIpc) is 2.40. The molecule has 0 unspecified atom stereocenters. The van der Waals surface area contributed by atoms with E-state index in [1.54, 1.807) is 0 Å². The van der Waals surface area contributed by atoms with Crippen LogP contribution in [0.1, 0.15) is 30.0 Å². The molecule has 0 saturated heterocycles. The van der Waals surface area contributed by atoms with Crippen LogP contribution in [0.15, 0.2) is 12.1 Å². The largest absolute Gasteiger partial charge is 0.417 e. The fourth-order valence-corrected chi connectivity index (χ4v) is 2.39. The molecule has 0 aromatic heterocycles. The molecule has 140 valence electrons. The molecular formula is C17H23F3N2O3. The lowest BCUT2D eigenvalue weighted by molar-refractivity contribution is -0.254. The van der Waals surface area contributed by atoms with Crippen molar-refractivity contribution in [2.45, 2.75) is 45.9 Å². The number of halogens is 3. The Morgan fingerprint density at radius 1 is 1.16 bits per heavy atom. The Bertz CT molecular complexity index is 647. The van der Waals surface area contributed by atoms with Crippen LogP contribution in [0.25, 0.3) is 0 Å². The summed E-state index contributed by atoms with van der Waals surface area (Å²) in [6, 6.07) is 3.77. The standard InChI is InChI=1S/C17H23F3N2O3/c1-10-6-11(2)15(12(3)7-10)21-13(23)9-22(5)14(24)8-16(4,25)17(18,19)20/h6-7,25H,8-9H2,1-5H3,(H,21,23)/t16-/m0/s1. The molecule has 0 saturated carbocycles. The van der Waals surface area contributed by atoms with E-state index in [0.29, 0.717) is 12.6 Å². The molecule has 0 heterocycles. The quantitative estimate of drug-likeness (QED) is 0.848. The molecule has 0 aliphatic heterocycles. The van der Waals surface area contributed by atoms with E-state index >= 15 is 0 Å². The van der Waals surface area contributed by atoms with Gasteiger partial charge in [-0.3, -0.25) is 9.59 Å². The number of nitrogens with one attached hydrogen (secondary N) is 1. The number of rotatable bonds is 5. The van der Waals surface area contributed by atoms with E-state index in [4.69, 9.17) is 0 Å². The predicted molar refractivity (Wildman–Crippen MR) is 88.2 cm³/mol. The van der Waals surface area contributed by atoms with Crippen LogP contribution in [0.5, 0.6) is 0 Å². The van der Waals surface area contributed by atoms with Gasteiger partial charge in [0.1, 0.15) is 0 Å². The van der Waals surface area contributed by atoms with Gasteiger partial charge in [0.05, 0.1) is 13.0 Å². The number of likely N-dealkylation sites (N-methyl/N-ethyl adjacent to an activating group) is 1. The van der Waals surface area contributed by atoms with E-state index in [0.717, 1.165) is 21.6 Å². The third kappa shape index (κ3) is 5.45. The van der Waals surface area contributed by atoms with Gasteiger partial charge in [-0.1, -0.05) is 17.7 Å². The third-order valence-corrected chi connectivity index (χ3v) is 3.85. The Morgan fingerprint density at radius 3 is 2.08 bits per heavy atom. The Hall–Kier alpha value is -2.09. The number of aliphatic hydroxyl groups is 1. The molecule has 8 heteroatoms. The zero-order valence-electron chi connectivity index (χ0n) is 14.9. The minimum Gasteiger partial charge on any atom is -0.380 e. The molecule has 1 atom stereocenters. The van der Waals surface area contributed by atoms with Gasteiger partial charge in [0.25, 0.3) is 0 Å². The molecular weight excluding hydrogens is 337 g/mol. The molecule has 0 spiro atoms. The number of alkyl halides is 3. The summed E-state index contributed by atoms with van der Waals surface area (Å²) >= 11 is 0. The lowest BCUT2D eigenvalue weighted by atomic mass is 10.0. The van der Waals surface area contributed by atoms with Gasteiger partial charge >= 0.3 is 6.18 Å². The smallest absolute Gasteiger partial charge is 0.380 e. The Balaban J connectivity index is 2.73. The fraction of sp³-hybridized carbons (Fsp3) is 0.529. The van der Waals surface area contributed by atoms with Crippen LogP contribution < -0.4 is 5.32 Å². The highest BCUT2D eigenvalue weighted by atomic mass is 19.4. The zero-order chi connectivity index (χ0) is 19.6. The number of hydrogen-bond donors (Lipinski definition) is 2. The number of anilines is 1. The van der Waals surface area contributed by atoms with Crippen molar-refractivity contribution in [3.05, 3.63) is 28.8 Å². The second kappa shape index (κ2) is 7.43. The van der Waals surface area contributed by atoms with Crippen LogP contribution in [0, 0.1) is 20.8 Å². The van der Waals surface area contributed by atoms with Crippen LogP contribution in [-0.4, -0.2) is 47.2 Å². The molecule has 5 nitrogen and oxygen atoms in total. The van der Waals surface area contributed by atoms with E-state index in [9.17, 15) is 27.9 Å². The number of carbonyl (C=O) groups is 2. The van der Waals surface area contributed by atoms with Crippen molar-refractivity contribution in [2.75, 3.05) is 18.9 Å². The third-order valence-electron chi connectivity index (χ3n) is 3.85. The normalized spacial score (nSPS) is 14.0. The molecule has 0 bridgehead atoms. The van der Waals surface area contributed by atoms with Crippen LogP contribution in [0.3, 0.4) is 0 Å². The topological polar surface area (TPSA) is 69.6 Å².